The van der Waals surface area contributed by atoms with Gasteiger partial charge in [-0.15, -0.1) is 12.4 Å². The van der Waals surface area contributed by atoms with E-state index in [0.717, 1.165) is 13.2 Å². The van der Waals surface area contributed by atoms with E-state index < -0.39 is 0 Å². The molecule has 2 rings (SSSR count). The zero-order valence-electron chi connectivity index (χ0n) is 7.47. The van der Waals surface area contributed by atoms with Gasteiger partial charge in [0.25, 0.3) is 0 Å². The number of halogens is 1. The Morgan fingerprint density at radius 3 is 2.58 bits per heavy atom. The molecule has 3 heteroatoms. The zero-order valence-corrected chi connectivity index (χ0v) is 8.29. The van der Waals surface area contributed by atoms with Crippen molar-refractivity contribution in [1.29, 1.82) is 0 Å². The normalized spacial score (nSPS) is 36.0. The summed E-state index contributed by atoms with van der Waals surface area (Å²) in [4.78, 5) is 0. The van der Waals surface area contributed by atoms with Gasteiger partial charge < -0.3 is 10.1 Å². The van der Waals surface area contributed by atoms with Crippen molar-refractivity contribution < 1.29 is 4.74 Å². The Kier molecular flexibility index (Phi) is 3.81. The van der Waals surface area contributed by atoms with E-state index in [2.05, 4.69) is 5.32 Å². The molecule has 0 bridgehead atoms. The number of nitrogens with one attached hydrogen (secondary N) is 1. The first-order valence-corrected chi connectivity index (χ1v) is 4.70. The fourth-order valence-corrected chi connectivity index (χ4v) is 2.28. The molecule has 0 radical (unpaired) electrons. The molecule has 1 unspecified atom stereocenters. The third-order valence-electron chi connectivity index (χ3n) is 2.96. The van der Waals surface area contributed by atoms with Gasteiger partial charge in [-0.3, -0.25) is 0 Å². The molecule has 2 heterocycles. The summed E-state index contributed by atoms with van der Waals surface area (Å²) in [6.07, 6.45) is 5.35. The molecule has 2 fully saturated rings. The molecule has 2 saturated heterocycles. The first kappa shape index (κ1) is 10.3. The lowest BCUT2D eigenvalue weighted by atomic mass is 9.77. The van der Waals surface area contributed by atoms with Crippen LogP contribution in [0.25, 0.3) is 0 Å². The lowest BCUT2D eigenvalue weighted by Gasteiger charge is -2.40. The van der Waals surface area contributed by atoms with E-state index in [1.807, 2.05) is 0 Å². The second-order valence-electron chi connectivity index (χ2n) is 3.94. The standard InChI is InChI=1S/C9H17NO.ClH/c1-3-9(7-10-5-1)4-2-6-11-8-9;/h10H,1-8H2;1H. The smallest absolute Gasteiger partial charge is 0.0534 e. The SMILES string of the molecule is C1CNCC2(C1)CCCOC2.Cl. The zero-order chi connectivity index (χ0) is 7.57. The Balaban J connectivity index is 0.000000720. The fourth-order valence-electron chi connectivity index (χ4n) is 2.28. The van der Waals surface area contributed by atoms with E-state index in [0.29, 0.717) is 5.41 Å². The minimum absolute atomic E-state index is 0. The average Bonchev–Trinajstić information content (AvgIpc) is 2.07. The van der Waals surface area contributed by atoms with Gasteiger partial charge in [-0.1, -0.05) is 0 Å². The van der Waals surface area contributed by atoms with Gasteiger partial charge in [-0.2, -0.15) is 0 Å². The predicted octanol–water partition coefficient (Wildman–Crippen LogP) is 1.59. The van der Waals surface area contributed by atoms with E-state index in [-0.39, 0.29) is 12.4 Å². The summed E-state index contributed by atoms with van der Waals surface area (Å²) in [5, 5.41) is 3.47. The third kappa shape index (κ3) is 2.12. The van der Waals surface area contributed by atoms with Crippen LogP contribution >= 0.6 is 12.4 Å². The summed E-state index contributed by atoms with van der Waals surface area (Å²) in [5.41, 5.74) is 0.524. The average molecular weight is 192 g/mol. The van der Waals surface area contributed by atoms with Gasteiger partial charge in [0.2, 0.25) is 0 Å². The van der Waals surface area contributed by atoms with Crippen LogP contribution in [0.5, 0.6) is 0 Å². The molecule has 0 aromatic rings. The Morgan fingerprint density at radius 1 is 1.17 bits per heavy atom. The molecular weight excluding hydrogens is 174 g/mol. The van der Waals surface area contributed by atoms with Crippen LogP contribution < -0.4 is 5.32 Å². The van der Waals surface area contributed by atoms with E-state index in [1.54, 1.807) is 0 Å². The molecule has 2 aliphatic heterocycles. The molecule has 2 nitrogen and oxygen atoms in total. The Hall–Kier alpha value is 0.210. The molecule has 0 amide bonds. The Bertz CT molecular complexity index is 109. The van der Waals surface area contributed by atoms with Crippen molar-refractivity contribution in [3.63, 3.8) is 0 Å². The summed E-state index contributed by atoms with van der Waals surface area (Å²) in [7, 11) is 0. The molecule has 0 saturated carbocycles. The molecule has 0 aliphatic carbocycles. The molecule has 1 N–H and O–H groups in total. The topological polar surface area (TPSA) is 21.3 Å². The minimum atomic E-state index is 0. The van der Waals surface area contributed by atoms with Crippen LogP contribution in [0.1, 0.15) is 25.7 Å². The summed E-state index contributed by atoms with van der Waals surface area (Å²) < 4.78 is 5.52. The molecule has 72 valence electrons. The quantitative estimate of drug-likeness (QED) is 0.628. The third-order valence-corrected chi connectivity index (χ3v) is 2.96. The van der Waals surface area contributed by atoms with Crippen LogP contribution in [0.2, 0.25) is 0 Å². The second-order valence-corrected chi connectivity index (χ2v) is 3.94. The summed E-state index contributed by atoms with van der Waals surface area (Å²) in [5.74, 6) is 0. The van der Waals surface area contributed by atoms with Crippen molar-refractivity contribution in [3.05, 3.63) is 0 Å². The molecular formula is C9H18ClNO. The van der Waals surface area contributed by atoms with Crippen molar-refractivity contribution in [1.82, 2.24) is 5.32 Å². The lowest BCUT2D eigenvalue weighted by Crippen LogP contribution is -2.45. The number of rotatable bonds is 0. The van der Waals surface area contributed by atoms with Crippen LogP contribution in [0.4, 0.5) is 0 Å². The van der Waals surface area contributed by atoms with Crippen LogP contribution in [0.3, 0.4) is 0 Å². The summed E-state index contributed by atoms with van der Waals surface area (Å²) >= 11 is 0. The number of hydrogen-bond donors (Lipinski definition) is 1. The molecule has 1 atom stereocenters. The van der Waals surface area contributed by atoms with Crippen LogP contribution in [0, 0.1) is 5.41 Å². The molecule has 0 aromatic carbocycles. The van der Waals surface area contributed by atoms with Crippen molar-refractivity contribution in [2.45, 2.75) is 25.7 Å². The van der Waals surface area contributed by atoms with Gasteiger partial charge >= 0.3 is 0 Å². The number of hydrogen-bond acceptors (Lipinski definition) is 2. The second kappa shape index (κ2) is 4.45. The van der Waals surface area contributed by atoms with Crippen LogP contribution in [-0.2, 0) is 4.74 Å². The highest BCUT2D eigenvalue weighted by Gasteiger charge is 2.33. The van der Waals surface area contributed by atoms with Gasteiger partial charge in [-0.25, -0.2) is 0 Å². The molecule has 1 spiro atoms. The monoisotopic (exact) mass is 191 g/mol. The number of piperidine rings is 1. The highest BCUT2D eigenvalue weighted by Crippen LogP contribution is 2.34. The first-order chi connectivity index (χ1) is 5.41. The van der Waals surface area contributed by atoms with Crippen LogP contribution in [-0.4, -0.2) is 26.3 Å². The summed E-state index contributed by atoms with van der Waals surface area (Å²) in [6, 6.07) is 0. The first-order valence-electron chi connectivity index (χ1n) is 4.70. The van der Waals surface area contributed by atoms with Gasteiger partial charge in [0.15, 0.2) is 0 Å². The van der Waals surface area contributed by atoms with Gasteiger partial charge in [0.05, 0.1) is 6.61 Å². The highest BCUT2D eigenvalue weighted by atomic mass is 35.5. The van der Waals surface area contributed by atoms with Gasteiger partial charge in [0, 0.05) is 18.6 Å². The van der Waals surface area contributed by atoms with E-state index in [4.69, 9.17) is 4.74 Å². The maximum absolute atomic E-state index is 5.52. The predicted molar refractivity (Wildman–Crippen MR) is 51.8 cm³/mol. The largest absolute Gasteiger partial charge is 0.381 e. The maximum Gasteiger partial charge on any atom is 0.0534 e. The van der Waals surface area contributed by atoms with Gasteiger partial charge in [0.1, 0.15) is 0 Å². The Morgan fingerprint density at radius 2 is 2.00 bits per heavy atom. The maximum atomic E-state index is 5.52. The van der Waals surface area contributed by atoms with Crippen LogP contribution in [0.15, 0.2) is 0 Å². The fraction of sp³-hybridized carbons (Fsp3) is 1.00. The van der Waals surface area contributed by atoms with Gasteiger partial charge in [-0.05, 0) is 32.2 Å². The van der Waals surface area contributed by atoms with E-state index in [1.165, 1.54) is 38.8 Å². The Labute approximate surface area is 80.5 Å². The molecule has 12 heavy (non-hydrogen) atoms. The number of ether oxygens (including phenoxy) is 1. The highest BCUT2D eigenvalue weighted by molar-refractivity contribution is 5.85. The minimum Gasteiger partial charge on any atom is -0.381 e. The van der Waals surface area contributed by atoms with Crippen molar-refractivity contribution in [2.75, 3.05) is 26.3 Å². The van der Waals surface area contributed by atoms with Crippen molar-refractivity contribution in [3.8, 4) is 0 Å². The lowest BCUT2D eigenvalue weighted by molar-refractivity contribution is -0.0202. The van der Waals surface area contributed by atoms with Crippen molar-refractivity contribution in [2.24, 2.45) is 5.41 Å². The van der Waals surface area contributed by atoms with E-state index >= 15 is 0 Å². The summed E-state index contributed by atoms with van der Waals surface area (Å²) in [6.45, 7) is 4.39. The van der Waals surface area contributed by atoms with E-state index in [9.17, 15) is 0 Å². The molecule has 0 aromatic heterocycles. The molecule has 2 aliphatic rings. The van der Waals surface area contributed by atoms with Crippen molar-refractivity contribution >= 4 is 12.4 Å².